The summed E-state index contributed by atoms with van der Waals surface area (Å²) < 4.78 is 26.9. The highest BCUT2D eigenvalue weighted by Crippen LogP contribution is 2.18. The van der Waals surface area contributed by atoms with Crippen molar-refractivity contribution in [3.8, 4) is 0 Å². The molecule has 0 bridgehead atoms. The van der Waals surface area contributed by atoms with Gasteiger partial charge in [0.05, 0.1) is 12.0 Å². The standard InChI is InChI=1S/C14H13ClN2O4S/c1-21-16-14(18)10-2-8-13(9-3-10)22(19,20)17-12-6-4-11(15)5-7-12/h2-9,17H,1H3,(H,16,18). The Balaban J connectivity index is 2.19. The average molecular weight is 341 g/mol. The Morgan fingerprint density at radius 1 is 1.05 bits per heavy atom. The first-order valence-corrected chi connectivity index (χ1v) is 8.00. The van der Waals surface area contributed by atoms with E-state index in [9.17, 15) is 13.2 Å². The summed E-state index contributed by atoms with van der Waals surface area (Å²) in [4.78, 5) is 16.1. The largest absolute Gasteiger partial charge is 0.280 e. The van der Waals surface area contributed by atoms with Crippen LogP contribution in [0.25, 0.3) is 0 Å². The maximum atomic E-state index is 12.2. The lowest BCUT2D eigenvalue weighted by Gasteiger charge is -2.09. The predicted molar refractivity (Wildman–Crippen MR) is 83.2 cm³/mol. The Bertz CT molecular complexity index is 758. The monoisotopic (exact) mass is 340 g/mol. The molecule has 0 aliphatic rings. The van der Waals surface area contributed by atoms with Crippen LogP contribution in [0.3, 0.4) is 0 Å². The molecule has 2 aromatic carbocycles. The highest BCUT2D eigenvalue weighted by atomic mass is 35.5. The lowest BCUT2D eigenvalue weighted by molar-refractivity contribution is 0.0537. The van der Waals surface area contributed by atoms with Gasteiger partial charge in [-0.1, -0.05) is 11.6 Å². The number of sulfonamides is 1. The molecular formula is C14H13ClN2O4S. The van der Waals surface area contributed by atoms with Gasteiger partial charge < -0.3 is 0 Å². The van der Waals surface area contributed by atoms with Gasteiger partial charge in [-0.25, -0.2) is 13.9 Å². The summed E-state index contributed by atoms with van der Waals surface area (Å²) in [5, 5.41) is 0.511. The van der Waals surface area contributed by atoms with Crippen molar-refractivity contribution in [3.05, 3.63) is 59.1 Å². The maximum absolute atomic E-state index is 12.2. The summed E-state index contributed by atoms with van der Waals surface area (Å²) in [6, 6.07) is 11.7. The zero-order valence-corrected chi connectivity index (χ0v) is 13.1. The second kappa shape index (κ2) is 6.78. The summed E-state index contributed by atoms with van der Waals surface area (Å²) in [5.41, 5.74) is 2.83. The highest BCUT2D eigenvalue weighted by molar-refractivity contribution is 7.92. The van der Waals surface area contributed by atoms with Crippen LogP contribution in [0.15, 0.2) is 53.4 Å². The Hall–Kier alpha value is -2.09. The number of anilines is 1. The number of benzene rings is 2. The molecule has 0 saturated carbocycles. The molecule has 0 aliphatic carbocycles. The van der Waals surface area contributed by atoms with E-state index in [0.717, 1.165) is 0 Å². The van der Waals surface area contributed by atoms with Gasteiger partial charge in [0, 0.05) is 16.3 Å². The van der Waals surface area contributed by atoms with Crippen LogP contribution >= 0.6 is 11.6 Å². The van der Waals surface area contributed by atoms with Crippen LogP contribution in [0.5, 0.6) is 0 Å². The van der Waals surface area contributed by atoms with E-state index in [4.69, 9.17) is 11.6 Å². The number of hydrogen-bond acceptors (Lipinski definition) is 4. The van der Waals surface area contributed by atoms with Crippen molar-refractivity contribution in [1.82, 2.24) is 5.48 Å². The van der Waals surface area contributed by atoms with E-state index in [1.807, 2.05) is 0 Å². The minimum Gasteiger partial charge on any atom is -0.280 e. The van der Waals surface area contributed by atoms with Crippen molar-refractivity contribution in [2.75, 3.05) is 11.8 Å². The van der Waals surface area contributed by atoms with E-state index in [0.29, 0.717) is 10.7 Å². The minimum absolute atomic E-state index is 0.0383. The number of amides is 1. The molecule has 0 aromatic heterocycles. The molecule has 6 nitrogen and oxygen atoms in total. The summed E-state index contributed by atoms with van der Waals surface area (Å²) >= 11 is 5.75. The van der Waals surface area contributed by atoms with Crippen LogP contribution in [-0.4, -0.2) is 21.4 Å². The molecule has 0 radical (unpaired) electrons. The third-order valence-electron chi connectivity index (χ3n) is 2.72. The fraction of sp³-hybridized carbons (Fsp3) is 0.0714. The van der Waals surface area contributed by atoms with Crippen LogP contribution in [0.4, 0.5) is 5.69 Å². The molecule has 0 unspecified atom stereocenters. The maximum Gasteiger partial charge on any atom is 0.274 e. The van der Waals surface area contributed by atoms with Crippen molar-refractivity contribution >= 4 is 33.2 Å². The molecule has 0 atom stereocenters. The molecule has 2 N–H and O–H groups in total. The summed E-state index contributed by atoms with van der Waals surface area (Å²) in [5.74, 6) is -0.461. The van der Waals surface area contributed by atoms with Gasteiger partial charge in [0.1, 0.15) is 0 Å². The Kier molecular flexibility index (Phi) is 5.02. The quantitative estimate of drug-likeness (QED) is 0.819. The number of carbonyl (C=O) groups is 1. The first-order valence-electron chi connectivity index (χ1n) is 6.14. The van der Waals surface area contributed by atoms with Gasteiger partial charge in [0.2, 0.25) is 0 Å². The van der Waals surface area contributed by atoms with Gasteiger partial charge in [-0.3, -0.25) is 14.4 Å². The number of hydroxylamine groups is 1. The van der Waals surface area contributed by atoms with E-state index in [1.54, 1.807) is 24.3 Å². The van der Waals surface area contributed by atoms with E-state index in [2.05, 4.69) is 15.0 Å². The highest BCUT2D eigenvalue weighted by Gasteiger charge is 2.15. The molecule has 116 valence electrons. The molecular weight excluding hydrogens is 328 g/mol. The van der Waals surface area contributed by atoms with Crippen molar-refractivity contribution < 1.29 is 18.0 Å². The van der Waals surface area contributed by atoms with Gasteiger partial charge in [0.15, 0.2) is 0 Å². The third kappa shape index (κ3) is 3.97. The normalized spacial score (nSPS) is 11.0. The van der Waals surface area contributed by atoms with Crippen LogP contribution in [0, 0.1) is 0 Å². The van der Waals surface area contributed by atoms with Crippen LogP contribution in [0.1, 0.15) is 10.4 Å². The molecule has 2 aromatic rings. The second-order valence-electron chi connectivity index (χ2n) is 4.27. The first kappa shape index (κ1) is 16.3. The molecule has 0 fully saturated rings. The fourth-order valence-corrected chi connectivity index (χ4v) is 2.85. The lowest BCUT2D eigenvalue weighted by Crippen LogP contribution is -2.21. The Morgan fingerprint density at radius 2 is 1.64 bits per heavy atom. The minimum atomic E-state index is -3.74. The zero-order chi connectivity index (χ0) is 16.2. The van der Waals surface area contributed by atoms with Crippen molar-refractivity contribution in [2.45, 2.75) is 4.90 Å². The van der Waals surface area contributed by atoms with E-state index in [-0.39, 0.29) is 10.5 Å². The third-order valence-corrected chi connectivity index (χ3v) is 4.37. The van der Waals surface area contributed by atoms with Gasteiger partial charge >= 0.3 is 0 Å². The summed E-state index contributed by atoms with van der Waals surface area (Å²) in [7, 11) is -2.42. The van der Waals surface area contributed by atoms with Crippen LogP contribution < -0.4 is 10.2 Å². The second-order valence-corrected chi connectivity index (χ2v) is 6.39. The average Bonchev–Trinajstić information content (AvgIpc) is 2.50. The summed E-state index contributed by atoms with van der Waals surface area (Å²) in [6.45, 7) is 0. The Labute approximate surface area is 133 Å². The van der Waals surface area contributed by atoms with Crippen LogP contribution in [-0.2, 0) is 14.9 Å². The fourth-order valence-electron chi connectivity index (χ4n) is 1.67. The molecule has 0 aliphatic heterocycles. The van der Waals surface area contributed by atoms with Crippen LogP contribution in [0.2, 0.25) is 5.02 Å². The van der Waals surface area contributed by atoms with E-state index in [1.165, 1.54) is 31.4 Å². The van der Waals surface area contributed by atoms with Crippen molar-refractivity contribution in [3.63, 3.8) is 0 Å². The number of rotatable bonds is 5. The lowest BCUT2D eigenvalue weighted by atomic mass is 10.2. The SMILES string of the molecule is CONC(=O)c1ccc(S(=O)(=O)Nc2ccc(Cl)cc2)cc1. The molecule has 0 spiro atoms. The smallest absolute Gasteiger partial charge is 0.274 e. The van der Waals surface area contributed by atoms with Gasteiger partial charge in [-0.15, -0.1) is 0 Å². The van der Waals surface area contributed by atoms with Gasteiger partial charge in [-0.05, 0) is 48.5 Å². The Morgan fingerprint density at radius 3 is 2.18 bits per heavy atom. The van der Waals surface area contributed by atoms with Gasteiger partial charge in [0.25, 0.3) is 15.9 Å². The molecule has 22 heavy (non-hydrogen) atoms. The van der Waals surface area contributed by atoms with Crippen molar-refractivity contribution in [1.29, 1.82) is 0 Å². The number of nitrogens with one attached hydrogen (secondary N) is 2. The predicted octanol–water partition coefficient (Wildman–Crippen LogP) is 2.43. The molecule has 0 heterocycles. The number of carbonyl (C=O) groups excluding carboxylic acids is 1. The molecule has 2 rings (SSSR count). The zero-order valence-electron chi connectivity index (χ0n) is 11.5. The summed E-state index contributed by atoms with van der Waals surface area (Å²) in [6.07, 6.45) is 0. The van der Waals surface area contributed by atoms with E-state index < -0.39 is 15.9 Å². The van der Waals surface area contributed by atoms with Gasteiger partial charge in [-0.2, -0.15) is 0 Å². The number of halogens is 1. The number of hydrogen-bond donors (Lipinski definition) is 2. The van der Waals surface area contributed by atoms with Crippen molar-refractivity contribution in [2.24, 2.45) is 0 Å². The molecule has 0 saturated heterocycles. The first-order chi connectivity index (χ1) is 10.4. The molecule has 1 amide bonds. The topological polar surface area (TPSA) is 84.5 Å². The van der Waals surface area contributed by atoms with E-state index >= 15 is 0 Å². The molecule has 8 heteroatoms.